The highest BCUT2D eigenvalue weighted by Crippen LogP contribution is 2.06. The molecule has 0 aliphatic rings. The summed E-state index contributed by atoms with van der Waals surface area (Å²) in [7, 11) is 0. The summed E-state index contributed by atoms with van der Waals surface area (Å²) in [5, 5.41) is 8.38. The van der Waals surface area contributed by atoms with Crippen LogP contribution in [-0.2, 0) is 10.5 Å². The van der Waals surface area contributed by atoms with Gasteiger partial charge in [-0.05, 0) is 6.92 Å². The van der Waals surface area contributed by atoms with Crippen LogP contribution >= 0.6 is 11.8 Å². The Morgan fingerprint density at radius 1 is 1.71 bits per heavy atom. The van der Waals surface area contributed by atoms with E-state index in [1.54, 1.807) is 6.92 Å². The van der Waals surface area contributed by atoms with Gasteiger partial charge in [0, 0.05) is 17.5 Å². The highest BCUT2D eigenvalue weighted by Gasteiger charge is 2.02. The molecule has 6 heteroatoms. The summed E-state index contributed by atoms with van der Waals surface area (Å²) < 4.78 is 0. The van der Waals surface area contributed by atoms with Gasteiger partial charge in [-0.15, -0.1) is 11.8 Å². The molecule has 0 saturated heterocycles. The smallest absolute Gasteiger partial charge is 0.313 e. The first-order valence-corrected chi connectivity index (χ1v) is 5.09. The number of thioether (sulfide) groups is 1. The number of hydrogen-bond donors (Lipinski definition) is 2. The van der Waals surface area contributed by atoms with Gasteiger partial charge >= 0.3 is 5.97 Å². The average molecular weight is 214 g/mol. The normalized spacial score (nSPS) is 10.1. The molecule has 1 aromatic rings. The van der Waals surface area contributed by atoms with E-state index in [4.69, 9.17) is 5.11 Å². The lowest BCUT2D eigenvalue weighted by molar-refractivity contribution is -0.133. The van der Waals surface area contributed by atoms with E-state index in [0.29, 0.717) is 17.1 Å². The lowest BCUT2D eigenvalue weighted by Gasteiger charge is -1.98. The molecule has 1 heterocycles. The third-order valence-corrected chi connectivity index (χ3v) is 2.45. The van der Waals surface area contributed by atoms with Crippen LogP contribution < -0.4 is 5.56 Å². The number of rotatable bonds is 4. The molecule has 76 valence electrons. The van der Waals surface area contributed by atoms with Gasteiger partial charge in [-0.2, -0.15) is 0 Å². The van der Waals surface area contributed by atoms with Crippen LogP contribution in [0.1, 0.15) is 11.4 Å². The van der Waals surface area contributed by atoms with Crippen LogP contribution in [0.3, 0.4) is 0 Å². The molecular formula is C8H10N2O3S. The number of aromatic amines is 1. The van der Waals surface area contributed by atoms with Crippen molar-refractivity contribution in [1.82, 2.24) is 9.97 Å². The number of carboxylic acid groups (broad SMARTS) is 1. The minimum atomic E-state index is -0.883. The number of aromatic nitrogens is 2. The van der Waals surface area contributed by atoms with Gasteiger partial charge < -0.3 is 10.1 Å². The van der Waals surface area contributed by atoms with Crippen LogP contribution in [0, 0.1) is 6.92 Å². The zero-order valence-corrected chi connectivity index (χ0v) is 8.43. The Morgan fingerprint density at radius 2 is 2.43 bits per heavy atom. The molecule has 1 aromatic heterocycles. The van der Waals surface area contributed by atoms with Crippen molar-refractivity contribution < 1.29 is 9.90 Å². The van der Waals surface area contributed by atoms with Crippen molar-refractivity contribution in [3.05, 3.63) is 27.9 Å². The molecule has 0 aliphatic carbocycles. The van der Waals surface area contributed by atoms with E-state index < -0.39 is 5.97 Å². The fraction of sp³-hybridized carbons (Fsp3) is 0.375. The SMILES string of the molecule is Cc1ncc(CSCC(=O)O)c(=O)[nH]1. The molecule has 1 rings (SSSR count). The van der Waals surface area contributed by atoms with Crippen LogP contribution in [0.15, 0.2) is 11.0 Å². The molecule has 0 atom stereocenters. The second-order valence-electron chi connectivity index (χ2n) is 2.71. The maximum atomic E-state index is 11.3. The van der Waals surface area contributed by atoms with Crippen molar-refractivity contribution in [3.63, 3.8) is 0 Å². The van der Waals surface area contributed by atoms with E-state index in [1.165, 1.54) is 18.0 Å². The second kappa shape index (κ2) is 4.80. The first-order chi connectivity index (χ1) is 6.59. The average Bonchev–Trinajstić information content (AvgIpc) is 2.08. The van der Waals surface area contributed by atoms with Crippen LogP contribution in [-0.4, -0.2) is 26.8 Å². The Balaban J connectivity index is 2.59. The third kappa shape index (κ3) is 3.21. The zero-order chi connectivity index (χ0) is 10.6. The summed E-state index contributed by atoms with van der Waals surface area (Å²) in [4.78, 5) is 27.9. The van der Waals surface area contributed by atoms with E-state index in [1.807, 2.05) is 0 Å². The fourth-order valence-corrected chi connectivity index (χ4v) is 1.56. The largest absolute Gasteiger partial charge is 0.481 e. The van der Waals surface area contributed by atoms with Gasteiger partial charge in [0.1, 0.15) is 5.82 Å². The van der Waals surface area contributed by atoms with Gasteiger partial charge in [-0.3, -0.25) is 9.59 Å². The van der Waals surface area contributed by atoms with Crippen molar-refractivity contribution in [2.75, 3.05) is 5.75 Å². The number of carboxylic acids is 1. The minimum Gasteiger partial charge on any atom is -0.481 e. The van der Waals surface area contributed by atoms with Crippen LogP contribution in [0.25, 0.3) is 0 Å². The summed E-state index contributed by atoms with van der Waals surface area (Å²) in [6.45, 7) is 1.69. The highest BCUT2D eigenvalue weighted by molar-refractivity contribution is 7.99. The Labute approximate surface area is 84.6 Å². The molecule has 5 nitrogen and oxygen atoms in total. The molecule has 0 amide bonds. The van der Waals surface area contributed by atoms with Crippen LogP contribution in [0.5, 0.6) is 0 Å². The highest BCUT2D eigenvalue weighted by atomic mass is 32.2. The molecule has 0 aliphatic heterocycles. The van der Waals surface area contributed by atoms with Gasteiger partial charge in [0.05, 0.1) is 5.75 Å². The van der Waals surface area contributed by atoms with Crippen molar-refractivity contribution in [3.8, 4) is 0 Å². The zero-order valence-electron chi connectivity index (χ0n) is 7.61. The molecule has 0 radical (unpaired) electrons. The van der Waals surface area contributed by atoms with E-state index in [0.717, 1.165) is 0 Å². The number of aliphatic carboxylic acids is 1. The van der Waals surface area contributed by atoms with Crippen LogP contribution in [0.4, 0.5) is 0 Å². The number of nitrogens with zero attached hydrogens (tertiary/aromatic N) is 1. The van der Waals surface area contributed by atoms with Gasteiger partial charge in [-0.25, -0.2) is 4.98 Å². The predicted octanol–water partition coefficient (Wildman–Crippen LogP) is 0.396. The number of aryl methyl sites for hydroxylation is 1. The minimum absolute atomic E-state index is 0.00663. The Morgan fingerprint density at radius 3 is 3.00 bits per heavy atom. The van der Waals surface area contributed by atoms with Gasteiger partial charge in [0.2, 0.25) is 0 Å². The molecule has 14 heavy (non-hydrogen) atoms. The monoisotopic (exact) mass is 214 g/mol. The lowest BCUT2D eigenvalue weighted by atomic mass is 10.4. The molecule has 0 bridgehead atoms. The summed E-state index contributed by atoms with van der Waals surface area (Å²) in [6.07, 6.45) is 1.48. The molecule has 0 fully saturated rings. The van der Waals surface area contributed by atoms with Crippen molar-refractivity contribution in [2.45, 2.75) is 12.7 Å². The molecule has 0 spiro atoms. The van der Waals surface area contributed by atoms with E-state index in [9.17, 15) is 9.59 Å². The molecule has 0 saturated carbocycles. The number of carbonyl (C=O) groups is 1. The summed E-state index contributed by atoms with van der Waals surface area (Å²) in [5.41, 5.74) is 0.303. The second-order valence-corrected chi connectivity index (χ2v) is 3.70. The van der Waals surface area contributed by atoms with E-state index >= 15 is 0 Å². The van der Waals surface area contributed by atoms with Crippen molar-refractivity contribution in [1.29, 1.82) is 0 Å². The van der Waals surface area contributed by atoms with E-state index in [-0.39, 0.29) is 11.3 Å². The Bertz CT molecular complexity index is 388. The van der Waals surface area contributed by atoms with Crippen LogP contribution in [0.2, 0.25) is 0 Å². The van der Waals surface area contributed by atoms with E-state index in [2.05, 4.69) is 9.97 Å². The maximum absolute atomic E-state index is 11.3. The topological polar surface area (TPSA) is 83.0 Å². The van der Waals surface area contributed by atoms with Gasteiger partial charge in [0.25, 0.3) is 5.56 Å². The van der Waals surface area contributed by atoms with Crippen molar-refractivity contribution in [2.24, 2.45) is 0 Å². The maximum Gasteiger partial charge on any atom is 0.313 e. The quantitative estimate of drug-likeness (QED) is 0.757. The standard InChI is InChI=1S/C8H10N2O3S/c1-5-9-2-6(8(13)10-5)3-14-4-7(11)12/h2H,3-4H2,1H3,(H,11,12)(H,9,10,13). The number of hydrogen-bond acceptors (Lipinski definition) is 4. The Kier molecular flexibility index (Phi) is 3.70. The fourth-order valence-electron chi connectivity index (χ4n) is 0.861. The number of nitrogens with one attached hydrogen (secondary N) is 1. The molecular weight excluding hydrogens is 204 g/mol. The molecule has 0 unspecified atom stereocenters. The van der Waals surface area contributed by atoms with Gasteiger partial charge in [0.15, 0.2) is 0 Å². The lowest BCUT2D eigenvalue weighted by Crippen LogP contribution is -2.14. The third-order valence-electron chi connectivity index (χ3n) is 1.48. The van der Waals surface area contributed by atoms with Crippen molar-refractivity contribution >= 4 is 17.7 Å². The number of H-pyrrole nitrogens is 1. The Hall–Kier alpha value is -1.30. The summed E-state index contributed by atoms with van der Waals surface area (Å²) >= 11 is 1.17. The first kappa shape index (κ1) is 10.8. The summed E-state index contributed by atoms with van der Waals surface area (Å²) in [5.74, 6) is 0.0378. The summed E-state index contributed by atoms with van der Waals surface area (Å²) in [6, 6.07) is 0. The van der Waals surface area contributed by atoms with Gasteiger partial charge in [-0.1, -0.05) is 0 Å². The first-order valence-electron chi connectivity index (χ1n) is 3.94. The molecule has 0 aromatic carbocycles. The predicted molar refractivity (Wildman–Crippen MR) is 53.4 cm³/mol. The molecule has 2 N–H and O–H groups in total.